The van der Waals surface area contributed by atoms with E-state index in [1.54, 1.807) is 11.3 Å². The van der Waals surface area contributed by atoms with Gasteiger partial charge in [0.25, 0.3) is 5.91 Å². The van der Waals surface area contributed by atoms with Gasteiger partial charge in [-0.2, -0.15) is 0 Å². The highest BCUT2D eigenvalue weighted by atomic mass is 32.1. The molecule has 1 aromatic carbocycles. The minimum Gasteiger partial charge on any atom is -0.399 e. The van der Waals surface area contributed by atoms with E-state index in [1.807, 2.05) is 56.0 Å². The zero-order valence-electron chi connectivity index (χ0n) is 12.1. The molecule has 0 fully saturated rings. The lowest BCUT2D eigenvalue weighted by molar-refractivity contribution is 0.0757. The van der Waals surface area contributed by atoms with Gasteiger partial charge >= 0.3 is 0 Å². The van der Waals surface area contributed by atoms with Crippen LogP contribution in [0.3, 0.4) is 0 Å². The fraction of sp³-hybridized carbons (Fsp3) is 0.312. The Morgan fingerprint density at radius 2 is 1.90 bits per heavy atom. The highest BCUT2D eigenvalue weighted by Crippen LogP contribution is 2.22. The average Bonchev–Trinajstić information content (AvgIpc) is 2.77. The standard InChI is InChI=1S/C16H20N2OS/c1-4-18(10-13-5-7-14(17)8-6-13)16(19)15-9-11(2)12(3)20-15/h5-9H,4,10,17H2,1-3H3. The third-order valence-electron chi connectivity index (χ3n) is 3.40. The van der Waals surface area contributed by atoms with Gasteiger partial charge in [0.05, 0.1) is 4.88 Å². The maximum Gasteiger partial charge on any atom is 0.264 e. The van der Waals surface area contributed by atoms with Gasteiger partial charge in [0.15, 0.2) is 0 Å². The average molecular weight is 288 g/mol. The lowest BCUT2D eigenvalue weighted by Crippen LogP contribution is -2.29. The van der Waals surface area contributed by atoms with Crippen LogP contribution >= 0.6 is 11.3 Å². The first kappa shape index (κ1) is 14.6. The van der Waals surface area contributed by atoms with E-state index < -0.39 is 0 Å². The summed E-state index contributed by atoms with van der Waals surface area (Å²) >= 11 is 1.57. The molecule has 0 spiro atoms. The molecule has 0 aliphatic heterocycles. The van der Waals surface area contributed by atoms with Crippen LogP contribution in [-0.4, -0.2) is 17.4 Å². The maximum atomic E-state index is 12.5. The van der Waals surface area contributed by atoms with Crippen LogP contribution in [-0.2, 0) is 6.54 Å². The van der Waals surface area contributed by atoms with E-state index >= 15 is 0 Å². The number of nitrogen functional groups attached to an aromatic ring is 1. The Morgan fingerprint density at radius 1 is 1.25 bits per heavy atom. The van der Waals surface area contributed by atoms with Gasteiger partial charge in [-0.05, 0) is 50.1 Å². The molecule has 2 rings (SSSR count). The van der Waals surface area contributed by atoms with Crippen molar-refractivity contribution in [3.05, 3.63) is 51.2 Å². The van der Waals surface area contributed by atoms with Crippen LogP contribution in [0.2, 0.25) is 0 Å². The predicted octanol–water partition coefficient (Wildman–Crippen LogP) is 3.61. The van der Waals surface area contributed by atoms with Crippen molar-refractivity contribution in [2.45, 2.75) is 27.3 Å². The second kappa shape index (κ2) is 6.09. The second-order valence-corrected chi connectivity index (χ2v) is 6.17. The summed E-state index contributed by atoms with van der Waals surface area (Å²) in [6.45, 7) is 7.40. The molecule has 106 valence electrons. The van der Waals surface area contributed by atoms with Crippen molar-refractivity contribution in [3.8, 4) is 0 Å². The van der Waals surface area contributed by atoms with Crippen LogP contribution in [0.25, 0.3) is 0 Å². The van der Waals surface area contributed by atoms with Crippen molar-refractivity contribution in [2.75, 3.05) is 12.3 Å². The van der Waals surface area contributed by atoms with E-state index in [0.29, 0.717) is 13.1 Å². The second-order valence-electron chi connectivity index (χ2n) is 4.91. The van der Waals surface area contributed by atoms with Crippen molar-refractivity contribution >= 4 is 22.9 Å². The molecule has 0 atom stereocenters. The first-order valence-corrected chi connectivity index (χ1v) is 7.53. The number of benzene rings is 1. The highest BCUT2D eigenvalue weighted by Gasteiger charge is 2.17. The number of thiophene rings is 1. The summed E-state index contributed by atoms with van der Waals surface area (Å²) in [5.41, 5.74) is 8.70. The maximum absolute atomic E-state index is 12.5. The summed E-state index contributed by atoms with van der Waals surface area (Å²) in [5, 5.41) is 0. The van der Waals surface area contributed by atoms with Gasteiger partial charge in [0.1, 0.15) is 0 Å². The zero-order valence-corrected chi connectivity index (χ0v) is 13.0. The third-order valence-corrected chi connectivity index (χ3v) is 4.54. The van der Waals surface area contributed by atoms with E-state index in [2.05, 4.69) is 0 Å². The molecule has 2 aromatic rings. The molecule has 1 heterocycles. The zero-order chi connectivity index (χ0) is 14.7. The Balaban J connectivity index is 2.15. The van der Waals surface area contributed by atoms with E-state index in [-0.39, 0.29) is 5.91 Å². The number of hydrogen-bond acceptors (Lipinski definition) is 3. The smallest absolute Gasteiger partial charge is 0.264 e. The van der Waals surface area contributed by atoms with Crippen LogP contribution < -0.4 is 5.73 Å². The molecule has 4 heteroatoms. The Hall–Kier alpha value is -1.81. The molecule has 2 N–H and O–H groups in total. The van der Waals surface area contributed by atoms with E-state index in [9.17, 15) is 4.79 Å². The Bertz CT molecular complexity index is 582. The molecule has 0 radical (unpaired) electrons. The van der Waals surface area contributed by atoms with Crippen LogP contribution in [0.1, 0.15) is 32.6 Å². The van der Waals surface area contributed by atoms with Gasteiger partial charge in [0, 0.05) is 23.7 Å². The quantitative estimate of drug-likeness (QED) is 0.874. The van der Waals surface area contributed by atoms with Crippen molar-refractivity contribution in [1.29, 1.82) is 0 Å². The summed E-state index contributed by atoms with van der Waals surface area (Å²) < 4.78 is 0. The lowest BCUT2D eigenvalue weighted by atomic mass is 10.2. The molecular formula is C16H20N2OS. The Morgan fingerprint density at radius 3 is 2.40 bits per heavy atom. The SMILES string of the molecule is CCN(Cc1ccc(N)cc1)C(=O)c1cc(C)c(C)s1. The number of nitrogens with zero attached hydrogens (tertiary/aromatic N) is 1. The molecule has 3 nitrogen and oxygen atoms in total. The number of anilines is 1. The van der Waals surface area contributed by atoms with Crippen molar-refractivity contribution in [2.24, 2.45) is 0 Å². The molecule has 0 saturated carbocycles. The summed E-state index contributed by atoms with van der Waals surface area (Å²) in [4.78, 5) is 16.4. The Labute approximate surface area is 124 Å². The minimum atomic E-state index is 0.102. The first-order chi connectivity index (χ1) is 9.51. The van der Waals surface area contributed by atoms with Gasteiger partial charge in [-0.25, -0.2) is 0 Å². The van der Waals surface area contributed by atoms with Crippen molar-refractivity contribution in [1.82, 2.24) is 4.90 Å². The van der Waals surface area contributed by atoms with E-state index in [1.165, 1.54) is 10.4 Å². The molecule has 0 aliphatic rings. The monoisotopic (exact) mass is 288 g/mol. The predicted molar refractivity (Wildman–Crippen MR) is 85.1 cm³/mol. The first-order valence-electron chi connectivity index (χ1n) is 6.72. The molecule has 1 aromatic heterocycles. The van der Waals surface area contributed by atoms with Gasteiger partial charge in [-0.1, -0.05) is 12.1 Å². The minimum absolute atomic E-state index is 0.102. The number of amides is 1. The molecule has 1 amide bonds. The topological polar surface area (TPSA) is 46.3 Å². The molecular weight excluding hydrogens is 268 g/mol. The number of carbonyl (C=O) groups excluding carboxylic acids is 1. The fourth-order valence-corrected chi connectivity index (χ4v) is 3.01. The van der Waals surface area contributed by atoms with Crippen LogP contribution in [0.4, 0.5) is 5.69 Å². The van der Waals surface area contributed by atoms with Gasteiger partial charge in [-0.3, -0.25) is 4.79 Å². The van der Waals surface area contributed by atoms with Crippen molar-refractivity contribution in [3.63, 3.8) is 0 Å². The van der Waals surface area contributed by atoms with Gasteiger partial charge in [-0.15, -0.1) is 11.3 Å². The third kappa shape index (κ3) is 3.20. The Kier molecular flexibility index (Phi) is 4.45. The van der Waals surface area contributed by atoms with Gasteiger partial charge < -0.3 is 10.6 Å². The number of aryl methyl sites for hydroxylation is 2. The highest BCUT2D eigenvalue weighted by molar-refractivity contribution is 7.14. The molecule has 20 heavy (non-hydrogen) atoms. The van der Waals surface area contributed by atoms with Crippen LogP contribution in [0.5, 0.6) is 0 Å². The number of hydrogen-bond donors (Lipinski definition) is 1. The van der Waals surface area contributed by atoms with Crippen LogP contribution in [0.15, 0.2) is 30.3 Å². The summed E-state index contributed by atoms with van der Waals surface area (Å²) in [6.07, 6.45) is 0. The normalized spacial score (nSPS) is 10.6. The molecule has 0 unspecified atom stereocenters. The van der Waals surface area contributed by atoms with Crippen LogP contribution in [0, 0.1) is 13.8 Å². The number of nitrogens with two attached hydrogens (primary N) is 1. The van der Waals surface area contributed by atoms with E-state index in [4.69, 9.17) is 5.73 Å². The number of rotatable bonds is 4. The molecule has 0 saturated heterocycles. The largest absolute Gasteiger partial charge is 0.399 e. The summed E-state index contributed by atoms with van der Waals surface area (Å²) in [6, 6.07) is 9.65. The number of carbonyl (C=O) groups is 1. The molecule has 0 bridgehead atoms. The van der Waals surface area contributed by atoms with Crippen molar-refractivity contribution < 1.29 is 4.79 Å². The molecule has 0 aliphatic carbocycles. The van der Waals surface area contributed by atoms with Gasteiger partial charge in [0.2, 0.25) is 0 Å². The lowest BCUT2D eigenvalue weighted by Gasteiger charge is -2.20. The summed E-state index contributed by atoms with van der Waals surface area (Å²) in [7, 11) is 0. The fourth-order valence-electron chi connectivity index (χ4n) is 2.01. The van der Waals surface area contributed by atoms with E-state index in [0.717, 1.165) is 16.1 Å². The summed E-state index contributed by atoms with van der Waals surface area (Å²) in [5.74, 6) is 0.102.